The Kier molecular flexibility index (Phi) is 5.15. The molecule has 1 saturated heterocycles. The fourth-order valence-electron chi connectivity index (χ4n) is 1.93. The third kappa shape index (κ3) is 3.52. The molecular formula is C15H14N2O3Se. The van der Waals surface area contributed by atoms with E-state index in [0.29, 0.717) is 9.91 Å². The van der Waals surface area contributed by atoms with E-state index in [1.165, 1.54) is 0 Å². The van der Waals surface area contributed by atoms with Gasteiger partial charge in [-0.2, -0.15) is 0 Å². The first-order chi connectivity index (χ1) is 10.2. The van der Waals surface area contributed by atoms with E-state index in [9.17, 15) is 14.9 Å². The summed E-state index contributed by atoms with van der Waals surface area (Å²) in [4.78, 5) is 25.4. The number of rotatable bonds is 3. The second-order valence-electron chi connectivity index (χ2n) is 4.26. The average Bonchev–Trinajstić information content (AvgIpc) is 2.50. The van der Waals surface area contributed by atoms with Crippen molar-refractivity contribution in [2.75, 3.05) is 18.1 Å². The van der Waals surface area contributed by atoms with Crippen LogP contribution in [0.15, 0.2) is 40.5 Å². The van der Waals surface area contributed by atoms with Crippen LogP contribution in [0.3, 0.4) is 0 Å². The number of nitriles is 1. The van der Waals surface area contributed by atoms with Crippen molar-refractivity contribution in [3.63, 3.8) is 0 Å². The third-order valence-electron chi connectivity index (χ3n) is 2.82. The number of benzene rings is 1. The summed E-state index contributed by atoms with van der Waals surface area (Å²) in [7, 11) is 0. The van der Waals surface area contributed by atoms with Gasteiger partial charge in [0.25, 0.3) is 0 Å². The maximum absolute atomic E-state index is 11.9. The molecule has 108 valence electrons. The Labute approximate surface area is 129 Å². The second kappa shape index (κ2) is 7.07. The van der Waals surface area contributed by atoms with Gasteiger partial charge in [-0.25, -0.2) is 0 Å². The number of carbonyl (C=O) groups excluding carboxylic acids is 2. The van der Waals surface area contributed by atoms with E-state index in [2.05, 4.69) is 0 Å². The number of para-hydroxylation sites is 1. The van der Waals surface area contributed by atoms with E-state index in [-0.39, 0.29) is 39.5 Å². The van der Waals surface area contributed by atoms with Crippen molar-refractivity contribution >= 4 is 32.4 Å². The molecule has 1 aromatic rings. The molecule has 0 unspecified atom stereocenters. The summed E-state index contributed by atoms with van der Waals surface area (Å²) in [6.07, 6.45) is 0. The van der Waals surface area contributed by atoms with Crippen LogP contribution in [-0.2, 0) is 14.3 Å². The molecule has 0 amide bonds. The molecule has 0 spiro atoms. The molecular weight excluding hydrogens is 335 g/mol. The van der Waals surface area contributed by atoms with Crippen molar-refractivity contribution in [2.45, 2.75) is 12.2 Å². The van der Waals surface area contributed by atoms with Crippen molar-refractivity contribution in [1.82, 2.24) is 0 Å². The number of Topliss-reactive ketones (excluding diaryl/α,β-unsaturated/α-hetero) is 1. The third-order valence-corrected chi connectivity index (χ3v) is 5.27. The van der Waals surface area contributed by atoms with Crippen LogP contribution in [0.1, 0.15) is 6.92 Å². The Morgan fingerprint density at radius 3 is 2.76 bits per heavy atom. The summed E-state index contributed by atoms with van der Waals surface area (Å²) < 4.78 is 5.56. The molecule has 0 aromatic heterocycles. The number of carbonyl (C=O) groups is 2. The van der Waals surface area contributed by atoms with E-state index in [1.807, 2.05) is 36.4 Å². The second-order valence-corrected chi connectivity index (χ2v) is 6.28. The fraction of sp³-hybridized carbons (Fsp3) is 0.267. The SMILES string of the molecule is CCOC(=O)/C(C#N)=C1\[Se]CC(=O)CN1c1ccccc1. The van der Waals surface area contributed by atoms with Gasteiger partial charge in [0.05, 0.1) is 0 Å². The maximum atomic E-state index is 11.9. The first-order valence-electron chi connectivity index (χ1n) is 6.46. The molecule has 21 heavy (non-hydrogen) atoms. The zero-order chi connectivity index (χ0) is 15.2. The topological polar surface area (TPSA) is 70.4 Å². The monoisotopic (exact) mass is 350 g/mol. The standard InChI is InChI=1S/C15H14N2O3Se/c1-2-20-15(19)13(8-16)14-17(9-12(18)10-21-14)11-6-4-3-5-7-11/h3-7H,2,9-10H2,1H3/b14-13-. The molecule has 6 heteroatoms. The van der Waals surface area contributed by atoms with Gasteiger partial charge >= 0.3 is 129 Å². The first kappa shape index (κ1) is 15.3. The minimum atomic E-state index is -0.618. The molecule has 0 saturated carbocycles. The van der Waals surface area contributed by atoms with Crippen LogP contribution in [-0.4, -0.2) is 39.9 Å². The van der Waals surface area contributed by atoms with E-state index in [4.69, 9.17) is 4.74 Å². The normalized spacial score (nSPS) is 17.1. The number of hydrogen-bond donors (Lipinski definition) is 0. The van der Waals surface area contributed by atoms with Gasteiger partial charge in [-0.1, -0.05) is 0 Å². The molecule has 1 fully saturated rings. The van der Waals surface area contributed by atoms with E-state index >= 15 is 0 Å². The number of ether oxygens (including phenoxy) is 1. The van der Waals surface area contributed by atoms with Crippen LogP contribution >= 0.6 is 0 Å². The summed E-state index contributed by atoms with van der Waals surface area (Å²) in [6, 6.07) is 11.2. The van der Waals surface area contributed by atoms with E-state index in [0.717, 1.165) is 5.69 Å². The van der Waals surface area contributed by atoms with Crippen LogP contribution in [0.2, 0.25) is 5.32 Å². The number of hydrogen-bond acceptors (Lipinski definition) is 5. The van der Waals surface area contributed by atoms with Crippen molar-refractivity contribution in [3.05, 3.63) is 40.5 Å². The molecule has 0 N–H and O–H groups in total. The van der Waals surface area contributed by atoms with E-state index in [1.54, 1.807) is 11.8 Å². The number of ketones is 1. The van der Waals surface area contributed by atoms with Gasteiger partial charge in [-0.05, 0) is 0 Å². The van der Waals surface area contributed by atoms with Crippen molar-refractivity contribution in [3.8, 4) is 6.07 Å². The number of esters is 1. The van der Waals surface area contributed by atoms with Crippen LogP contribution in [0, 0.1) is 11.3 Å². The molecule has 5 nitrogen and oxygen atoms in total. The molecule has 1 aromatic carbocycles. The van der Waals surface area contributed by atoms with Gasteiger partial charge in [-0.15, -0.1) is 0 Å². The first-order valence-corrected chi connectivity index (χ1v) is 8.52. The molecule has 2 rings (SSSR count). The van der Waals surface area contributed by atoms with E-state index < -0.39 is 5.97 Å². The van der Waals surface area contributed by atoms with Crippen molar-refractivity contribution < 1.29 is 14.3 Å². The molecule has 0 aliphatic carbocycles. The summed E-state index contributed by atoms with van der Waals surface area (Å²) >= 11 is -0.247. The number of anilines is 1. The summed E-state index contributed by atoms with van der Waals surface area (Å²) in [6.45, 7) is 2.10. The zero-order valence-corrected chi connectivity index (χ0v) is 13.2. The Morgan fingerprint density at radius 2 is 2.14 bits per heavy atom. The molecule has 1 aliphatic heterocycles. The van der Waals surface area contributed by atoms with Gasteiger partial charge < -0.3 is 0 Å². The van der Waals surface area contributed by atoms with Gasteiger partial charge in [0, 0.05) is 0 Å². The summed E-state index contributed by atoms with van der Waals surface area (Å²) in [5, 5.41) is 9.69. The Hall–Kier alpha value is -2.09. The molecule has 1 heterocycles. The minimum absolute atomic E-state index is 0.00760. The molecule has 0 atom stereocenters. The van der Waals surface area contributed by atoms with Gasteiger partial charge in [0.2, 0.25) is 0 Å². The fourth-order valence-corrected chi connectivity index (χ4v) is 4.00. The molecule has 1 aliphatic rings. The van der Waals surface area contributed by atoms with Gasteiger partial charge in [-0.3, -0.25) is 0 Å². The summed E-state index contributed by atoms with van der Waals surface area (Å²) in [5.74, 6) is -0.504. The summed E-state index contributed by atoms with van der Waals surface area (Å²) in [5.41, 5.74) is 0.813. The Bertz CT molecular complexity index is 620. The molecule has 0 bridgehead atoms. The van der Waals surface area contributed by atoms with Crippen LogP contribution in [0.4, 0.5) is 5.69 Å². The quantitative estimate of drug-likeness (QED) is 0.358. The Morgan fingerprint density at radius 1 is 1.43 bits per heavy atom. The van der Waals surface area contributed by atoms with Crippen LogP contribution < -0.4 is 4.90 Å². The van der Waals surface area contributed by atoms with Crippen molar-refractivity contribution in [2.24, 2.45) is 0 Å². The average molecular weight is 349 g/mol. The van der Waals surface area contributed by atoms with Gasteiger partial charge in [0.15, 0.2) is 0 Å². The zero-order valence-electron chi connectivity index (χ0n) is 11.5. The van der Waals surface area contributed by atoms with Crippen LogP contribution in [0.25, 0.3) is 0 Å². The van der Waals surface area contributed by atoms with Crippen LogP contribution in [0.5, 0.6) is 0 Å². The van der Waals surface area contributed by atoms with Gasteiger partial charge in [0.1, 0.15) is 0 Å². The van der Waals surface area contributed by atoms with Crippen molar-refractivity contribution in [1.29, 1.82) is 5.26 Å². The molecule has 0 radical (unpaired) electrons. The predicted molar refractivity (Wildman–Crippen MR) is 78.6 cm³/mol. The predicted octanol–water partition coefficient (Wildman–Crippen LogP) is 1.50. The Balaban J connectivity index is 2.45. The number of nitrogens with zero attached hydrogens (tertiary/aromatic N) is 2.